The van der Waals surface area contributed by atoms with Gasteiger partial charge in [-0.2, -0.15) is 5.26 Å². The van der Waals surface area contributed by atoms with Crippen LogP contribution in [0.1, 0.15) is 5.56 Å². The monoisotopic (exact) mass is 343 g/mol. The number of carbonyl (C=O) groups is 1. The lowest BCUT2D eigenvalue weighted by Gasteiger charge is -2.05. The number of nitriles is 1. The molecule has 2 aromatic rings. The van der Waals surface area contributed by atoms with Crippen molar-refractivity contribution in [2.45, 2.75) is 4.90 Å². The quantitative estimate of drug-likeness (QED) is 0.572. The van der Waals surface area contributed by atoms with Crippen LogP contribution in [0.2, 0.25) is 0 Å². The predicted octanol–water partition coefficient (Wildman–Crippen LogP) is 1.59. The highest BCUT2D eigenvalue weighted by molar-refractivity contribution is 7.89. The zero-order valence-electron chi connectivity index (χ0n) is 12.3. The molecule has 24 heavy (non-hydrogen) atoms. The highest BCUT2D eigenvalue weighted by Gasteiger charge is 2.11. The molecule has 0 aliphatic heterocycles. The van der Waals surface area contributed by atoms with Crippen molar-refractivity contribution in [3.05, 3.63) is 59.7 Å². The summed E-state index contributed by atoms with van der Waals surface area (Å²) in [6.07, 6.45) is 1.33. The van der Waals surface area contributed by atoms with Crippen LogP contribution in [0, 0.1) is 11.3 Å². The Bertz CT molecular complexity index is 942. The summed E-state index contributed by atoms with van der Waals surface area (Å²) in [5, 5.41) is 26.0. The maximum absolute atomic E-state index is 12.1. The molecule has 0 aliphatic rings. The summed E-state index contributed by atoms with van der Waals surface area (Å²) in [6, 6.07) is 13.1. The van der Waals surface area contributed by atoms with E-state index in [-0.39, 0.29) is 16.2 Å². The average molecular weight is 343 g/mol. The standard InChI is InChI=1S/C16H13N3O4S/c17-10-12(8-11-2-1-3-14(20)9-11)16(21)19-13-4-6-15(7-5-13)24(18,22)23/h1-9,20H,(H,19,21)(H2,18,22,23)/b12-8+. The molecule has 0 fully saturated rings. The minimum atomic E-state index is -3.81. The Hall–Kier alpha value is -3.15. The van der Waals surface area contributed by atoms with Gasteiger partial charge in [0.2, 0.25) is 10.0 Å². The van der Waals surface area contributed by atoms with Gasteiger partial charge in [0.25, 0.3) is 5.91 Å². The van der Waals surface area contributed by atoms with E-state index in [9.17, 15) is 18.3 Å². The fraction of sp³-hybridized carbons (Fsp3) is 0. The van der Waals surface area contributed by atoms with Crippen molar-refractivity contribution in [1.82, 2.24) is 0 Å². The van der Waals surface area contributed by atoms with Crippen molar-refractivity contribution >= 4 is 27.7 Å². The number of rotatable bonds is 4. The van der Waals surface area contributed by atoms with E-state index >= 15 is 0 Å². The molecule has 0 atom stereocenters. The summed E-state index contributed by atoms with van der Waals surface area (Å²) in [6.45, 7) is 0. The third kappa shape index (κ3) is 4.42. The first-order valence-electron chi connectivity index (χ1n) is 6.64. The maximum atomic E-state index is 12.1. The van der Waals surface area contributed by atoms with Crippen molar-refractivity contribution in [3.8, 4) is 11.8 Å². The van der Waals surface area contributed by atoms with Gasteiger partial charge in [-0.05, 0) is 48.0 Å². The topological polar surface area (TPSA) is 133 Å². The predicted molar refractivity (Wildman–Crippen MR) is 88.1 cm³/mol. The number of carbonyl (C=O) groups excluding carboxylic acids is 1. The molecule has 0 radical (unpaired) electrons. The van der Waals surface area contributed by atoms with E-state index in [0.717, 1.165) is 0 Å². The lowest BCUT2D eigenvalue weighted by atomic mass is 10.1. The second-order valence-corrected chi connectivity index (χ2v) is 6.35. The first-order chi connectivity index (χ1) is 11.3. The first kappa shape index (κ1) is 17.2. The van der Waals surface area contributed by atoms with Gasteiger partial charge in [0.15, 0.2) is 0 Å². The number of aromatic hydroxyl groups is 1. The number of hydrogen-bond acceptors (Lipinski definition) is 5. The van der Waals surface area contributed by atoms with E-state index in [2.05, 4.69) is 5.32 Å². The van der Waals surface area contributed by atoms with Crippen molar-refractivity contribution in [2.75, 3.05) is 5.32 Å². The number of primary sulfonamides is 1. The molecule has 0 unspecified atom stereocenters. The Labute approximate surface area is 138 Å². The summed E-state index contributed by atoms with van der Waals surface area (Å²) in [7, 11) is -3.81. The van der Waals surface area contributed by atoms with Crippen molar-refractivity contribution < 1.29 is 18.3 Å². The van der Waals surface area contributed by atoms with Crippen LogP contribution < -0.4 is 10.5 Å². The van der Waals surface area contributed by atoms with E-state index in [4.69, 9.17) is 10.4 Å². The summed E-state index contributed by atoms with van der Waals surface area (Å²) < 4.78 is 22.3. The normalized spacial score (nSPS) is 11.6. The number of nitrogens with one attached hydrogen (secondary N) is 1. The number of anilines is 1. The second-order valence-electron chi connectivity index (χ2n) is 4.79. The van der Waals surface area contributed by atoms with E-state index in [1.807, 2.05) is 0 Å². The van der Waals surface area contributed by atoms with E-state index in [1.165, 1.54) is 42.5 Å². The number of amides is 1. The SMILES string of the molecule is N#C/C(=C\c1cccc(O)c1)C(=O)Nc1ccc(S(N)(=O)=O)cc1. The Morgan fingerprint density at radius 3 is 2.42 bits per heavy atom. The molecule has 0 saturated carbocycles. The summed E-state index contributed by atoms with van der Waals surface area (Å²) in [5.74, 6) is -0.649. The van der Waals surface area contributed by atoms with Gasteiger partial charge in [0.1, 0.15) is 17.4 Å². The number of phenols is 1. The first-order valence-corrected chi connectivity index (χ1v) is 8.19. The summed E-state index contributed by atoms with van der Waals surface area (Å²) in [4.78, 5) is 12.0. The third-order valence-electron chi connectivity index (χ3n) is 2.99. The minimum Gasteiger partial charge on any atom is -0.508 e. The van der Waals surface area contributed by atoms with Gasteiger partial charge in [-0.15, -0.1) is 0 Å². The lowest BCUT2D eigenvalue weighted by Crippen LogP contribution is -2.14. The number of nitrogens with two attached hydrogens (primary N) is 1. The number of sulfonamides is 1. The molecule has 0 heterocycles. The second kappa shape index (κ2) is 6.95. The Morgan fingerprint density at radius 1 is 1.21 bits per heavy atom. The largest absolute Gasteiger partial charge is 0.508 e. The smallest absolute Gasteiger partial charge is 0.266 e. The van der Waals surface area contributed by atoms with Crippen LogP contribution in [-0.4, -0.2) is 19.4 Å². The van der Waals surface area contributed by atoms with E-state index in [0.29, 0.717) is 11.3 Å². The van der Waals surface area contributed by atoms with Crippen molar-refractivity contribution in [1.29, 1.82) is 5.26 Å². The van der Waals surface area contributed by atoms with Gasteiger partial charge >= 0.3 is 0 Å². The highest BCUT2D eigenvalue weighted by atomic mass is 32.2. The highest BCUT2D eigenvalue weighted by Crippen LogP contribution is 2.16. The average Bonchev–Trinajstić information content (AvgIpc) is 2.52. The van der Waals surface area contributed by atoms with Gasteiger partial charge < -0.3 is 10.4 Å². The number of benzene rings is 2. The summed E-state index contributed by atoms with van der Waals surface area (Å²) in [5.41, 5.74) is 0.631. The molecule has 2 rings (SSSR count). The van der Waals surface area contributed by atoms with E-state index in [1.54, 1.807) is 18.2 Å². The Kier molecular flexibility index (Phi) is 4.99. The molecule has 2 aromatic carbocycles. The molecule has 0 spiro atoms. The molecule has 122 valence electrons. The van der Waals surface area contributed by atoms with Crippen LogP contribution in [0.25, 0.3) is 6.08 Å². The molecule has 4 N–H and O–H groups in total. The fourth-order valence-corrected chi connectivity index (χ4v) is 2.37. The Balaban J connectivity index is 2.20. The minimum absolute atomic E-state index is 0.0139. The molecule has 7 nitrogen and oxygen atoms in total. The summed E-state index contributed by atoms with van der Waals surface area (Å²) >= 11 is 0. The number of phenolic OH excluding ortho intramolecular Hbond substituents is 1. The molecule has 0 aromatic heterocycles. The molecular weight excluding hydrogens is 330 g/mol. The van der Waals surface area contributed by atoms with Crippen LogP contribution in [0.4, 0.5) is 5.69 Å². The molecule has 8 heteroatoms. The van der Waals surface area contributed by atoms with Crippen LogP contribution >= 0.6 is 0 Å². The molecule has 0 aliphatic carbocycles. The zero-order valence-corrected chi connectivity index (χ0v) is 13.1. The third-order valence-corrected chi connectivity index (χ3v) is 3.92. The number of nitrogens with zero attached hydrogens (tertiary/aromatic N) is 1. The van der Waals surface area contributed by atoms with Gasteiger partial charge in [-0.25, -0.2) is 13.6 Å². The van der Waals surface area contributed by atoms with Gasteiger partial charge in [0, 0.05) is 5.69 Å². The molecular formula is C16H13N3O4S. The number of hydrogen-bond donors (Lipinski definition) is 3. The van der Waals surface area contributed by atoms with E-state index < -0.39 is 15.9 Å². The van der Waals surface area contributed by atoms with Crippen molar-refractivity contribution in [2.24, 2.45) is 5.14 Å². The Morgan fingerprint density at radius 2 is 1.88 bits per heavy atom. The van der Waals surface area contributed by atoms with Gasteiger partial charge in [-0.3, -0.25) is 4.79 Å². The van der Waals surface area contributed by atoms with Gasteiger partial charge in [0.05, 0.1) is 4.90 Å². The fourth-order valence-electron chi connectivity index (χ4n) is 1.86. The maximum Gasteiger partial charge on any atom is 0.266 e. The molecule has 0 bridgehead atoms. The van der Waals surface area contributed by atoms with Gasteiger partial charge in [-0.1, -0.05) is 12.1 Å². The van der Waals surface area contributed by atoms with Crippen LogP contribution in [-0.2, 0) is 14.8 Å². The zero-order chi connectivity index (χ0) is 17.7. The molecule has 0 saturated heterocycles. The molecule has 1 amide bonds. The van der Waals surface area contributed by atoms with Crippen LogP contribution in [0.5, 0.6) is 5.75 Å². The van der Waals surface area contributed by atoms with Crippen molar-refractivity contribution in [3.63, 3.8) is 0 Å². The van der Waals surface area contributed by atoms with Crippen LogP contribution in [0.15, 0.2) is 59.0 Å². The van der Waals surface area contributed by atoms with Crippen LogP contribution in [0.3, 0.4) is 0 Å². The lowest BCUT2D eigenvalue weighted by molar-refractivity contribution is -0.112.